The van der Waals surface area contributed by atoms with Gasteiger partial charge in [0, 0.05) is 11.6 Å². The molecule has 3 aromatic rings. The van der Waals surface area contributed by atoms with Crippen LogP contribution in [-0.2, 0) is 0 Å². The average Bonchev–Trinajstić information content (AvgIpc) is 2.41. The lowest BCUT2D eigenvalue weighted by Crippen LogP contribution is -1.87. The lowest BCUT2D eigenvalue weighted by molar-refractivity contribution is 1.41. The van der Waals surface area contributed by atoms with E-state index in [1.54, 1.807) is 6.20 Å². The molecule has 18 heavy (non-hydrogen) atoms. The van der Waals surface area contributed by atoms with Crippen LogP contribution < -0.4 is 5.73 Å². The van der Waals surface area contributed by atoms with E-state index in [1.165, 1.54) is 0 Å². The number of nitrogen functional groups attached to an aromatic ring is 1. The minimum absolute atomic E-state index is 0.582. The summed E-state index contributed by atoms with van der Waals surface area (Å²) in [6, 6.07) is 15.8. The van der Waals surface area contributed by atoms with E-state index in [4.69, 9.17) is 17.3 Å². The lowest BCUT2D eigenvalue weighted by Gasteiger charge is -2.05. The van der Waals surface area contributed by atoms with Gasteiger partial charge in [-0.05, 0) is 41.5 Å². The number of anilines is 1. The molecule has 0 saturated carbocycles. The van der Waals surface area contributed by atoms with Crippen molar-refractivity contribution in [1.29, 1.82) is 0 Å². The maximum absolute atomic E-state index is 6.04. The van der Waals surface area contributed by atoms with Gasteiger partial charge in [0.15, 0.2) is 0 Å². The second-order valence-electron chi connectivity index (χ2n) is 4.15. The van der Waals surface area contributed by atoms with Crippen LogP contribution in [0.25, 0.3) is 22.0 Å². The van der Waals surface area contributed by atoms with Crippen LogP contribution in [0.1, 0.15) is 0 Å². The van der Waals surface area contributed by atoms with E-state index in [1.807, 2.05) is 42.5 Å². The number of hydrogen-bond donors (Lipinski definition) is 1. The topological polar surface area (TPSA) is 38.9 Å². The number of fused-ring (bicyclic) bond motifs is 1. The van der Waals surface area contributed by atoms with Crippen LogP contribution in [0, 0.1) is 0 Å². The zero-order valence-electron chi connectivity index (χ0n) is 9.60. The van der Waals surface area contributed by atoms with Crippen LogP contribution in [-0.4, -0.2) is 4.98 Å². The molecule has 0 aliphatic heterocycles. The van der Waals surface area contributed by atoms with Crippen molar-refractivity contribution in [3.05, 3.63) is 59.8 Å². The molecule has 2 nitrogen and oxygen atoms in total. The van der Waals surface area contributed by atoms with Crippen LogP contribution in [0.3, 0.4) is 0 Å². The molecule has 2 aromatic carbocycles. The third-order valence-electron chi connectivity index (χ3n) is 2.94. The van der Waals surface area contributed by atoms with E-state index < -0.39 is 0 Å². The Morgan fingerprint density at radius 1 is 0.944 bits per heavy atom. The summed E-state index contributed by atoms with van der Waals surface area (Å²) in [6.07, 6.45) is 1.79. The van der Waals surface area contributed by atoms with Gasteiger partial charge in [0.1, 0.15) is 0 Å². The highest BCUT2D eigenvalue weighted by molar-refractivity contribution is 6.33. The highest BCUT2D eigenvalue weighted by atomic mass is 35.5. The molecule has 0 saturated heterocycles. The highest BCUT2D eigenvalue weighted by Crippen LogP contribution is 2.28. The fourth-order valence-corrected chi connectivity index (χ4v) is 2.14. The molecular weight excluding hydrogens is 244 g/mol. The zero-order valence-corrected chi connectivity index (χ0v) is 10.4. The van der Waals surface area contributed by atoms with E-state index in [0.29, 0.717) is 10.7 Å². The van der Waals surface area contributed by atoms with Gasteiger partial charge in [0.05, 0.1) is 16.2 Å². The number of hydrogen-bond acceptors (Lipinski definition) is 2. The second-order valence-corrected chi connectivity index (χ2v) is 4.55. The van der Waals surface area contributed by atoms with Gasteiger partial charge in [-0.15, -0.1) is 0 Å². The monoisotopic (exact) mass is 254 g/mol. The largest absolute Gasteiger partial charge is 0.398 e. The second kappa shape index (κ2) is 4.31. The Labute approximate surface area is 110 Å². The number of nitrogens with two attached hydrogens (primary N) is 1. The first-order chi connectivity index (χ1) is 8.74. The van der Waals surface area contributed by atoms with Crippen LogP contribution in [0.4, 0.5) is 5.69 Å². The van der Waals surface area contributed by atoms with Crippen molar-refractivity contribution in [2.45, 2.75) is 0 Å². The molecule has 0 aliphatic carbocycles. The van der Waals surface area contributed by atoms with E-state index in [0.717, 1.165) is 22.0 Å². The molecule has 0 aliphatic rings. The number of nitrogens with zero attached hydrogens (tertiary/aromatic N) is 1. The first kappa shape index (κ1) is 11.1. The standard InChI is InChI=1S/C15H11ClN2/c16-13-9-11(3-5-14(13)17)10-4-6-15-12(8-10)2-1-7-18-15/h1-9H,17H2. The lowest BCUT2D eigenvalue weighted by atomic mass is 10.0. The van der Waals surface area contributed by atoms with Gasteiger partial charge in [-0.1, -0.05) is 29.8 Å². The Morgan fingerprint density at radius 2 is 1.72 bits per heavy atom. The summed E-state index contributed by atoms with van der Waals surface area (Å²) >= 11 is 6.04. The van der Waals surface area contributed by atoms with Crippen LogP contribution >= 0.6 is 11.6 Å². The maximum atomic E-state index is 6.04. The summed E-state index contributed by atoms with van der Waals surface area (Å²) in [5, 5.41) is 1.70. The summed E-state index contributed by atoms with van der Waals surface area (Å²) in [5.74, 6) is 0. The molecule has 0 radical (unpaired) electrons. The minimum Gasteiger partial charge on any atom is -0.398 e. The van der Waals surface area contributed by atoms with Gasteiger partial charge < -0.3 is 5.73 Å². The third kappa shape index (κ3) is 1.91. The van der Waals surface area contributed by atoms with Crippen LogP contribution in [0.5, 0.6) is 0 Å². The van der Waals surface area contributed by atoms with Gasteiger partial charge in [-0.2, -0.15) is 0 Å². The summed E-state index contributed by atoms with van der Waals surface area (Å²) < 4.78 is 0. The molecule has 1 aromatic heterocycles. The number of benzene rings is 2. The van der Waals surface area contributed by atoms with Crippen molar-refractivity contribution in [2.75, 3.05) is 5.73 Å². The van der Waals surface area contributed by atoms with E-state index >= 15 is 0 Å². The first-order valence-corrected chi connectivity index (χ1v) is 6.02. The van der Waals surface area contributed by atoms with Gasteiger partial charge in [-0.3, -0.25) is 4.98 Å². The number of pyridine rings is 1. The van der Waals surface area contributed by atoms with Crippen molar-refractivity contribution in [3.63, 3.8) is 0 Å². The molecule has 0 amide bonds. The van der Waals surface area contributed by atoms with Crippen LogP contribution in [0.2, 0.25) is 5.02 Å². The summed E-state index contributed by atoms with van der Waals surface area (Å²) in [4.78, 5) is 4.30. The Morgan fingerprint density at radius 3 is 2.56 bits per heavy atom. The molecule has 0 unspecified atom stereocenters. The van der Waals surface area contributed by atoms with E-state index in [-0.39, 0.29) is 0 Å². The normalized spacial score (nSPS) is 10.7. The predicted molar refractivity (Wildman–Crippen MR) is 76.6 cm³/mol. The van der Waals surface area contributed by atoms with Crippen molar-refractivity contribution < 1.29 is 0 Å². The number of halogens is 1. The van der Waals surface area contributed by atoms with Crippen molar-refractivity contribution >= 4 is 28.2 Å². The Kier molecular flexibility index (Phi) is 2.65. The van der Waals surface area contributed by atoms with Crippen molar-refractivity contribution in [3.8, 4) is 11.1 Å². The highest BCUT2D eigenvalue weighted by Gasteiger charge is 2.02. The number of rotatable bonds is 1. The molecule has 0 bridgehead atoms. The van der Waals surface area contributed by atoms with Crippen LogP contribution in [0.15, 0.2) is 54.7 Å². The quantitative estimate of drug-likeness (QED) is 0.663. The Bertz CT molecular complexity index is 723. The molecule has 3 rings (SSSR count). The van der Waals surface area contributed by atoms with E-state index in [9.17, 15) is 0 Å². The van der Waals surface area contributed by atoms with Gasteiger partial charge >= 0.3 is 0 Å². The van der Waals surface area contributed by atoms with Crippen molar-refractivity contribution in [2.24, 2.45) is 0 Å². The molecule has 1 heterocycles. The minimum atomic E-state index is 0.582. The molecule has 0 fully saturated rings. The fourth-order valence-electron chi connectivity index (χ4n) is 1.96. The smallest absolute Gasteiger partial charge is 0.0702 e. The maximum Gasteiger partial charge on any atom is 0.0702 e. The van der Waals surface area contributed by atoms with Gasteiger partial charge in [0.25, 0.3) is 0 Å². The molecule has 2 N–H and O–H groups in total. The molecule has 88 valence electrons. The molecule has 0 spiro atoms. The summed E-state index contributed by atoms with van der Waals surface area (Å²) in [6.45, 7) is 0. The summed E-state index contributed by atoms with van der Waals surface area (Å²) in [7, 11) is 0. The Balaban J connectivity index is 2.16. The van der Waals surface area contributed by atoms with Gasteiger partial charge in [-0.25, -0.2) is 0 Å². The summed E-state index contributed by atoms with van der Waals surface area (Å²) in [5.41, 5.74) is 9.47. The first-order valence-electron chi connectivity index (χ1n) is 5.64. The third-order valence-corrected chi connectivity index (χ3v) is 3.26. The Hall–Kier alpha value is -2.06. The average molecular weight is 255 g/mol. The van der Waals surface area contributed by atoms with Gasteiger partial charge in [0.2, 0.25) is 0 Å². The van der Waals surface area contributed by atoms with E-state index in [2.05, 4.69) is 11.1 Å². The molecule has 0 atom stereocenters. The SMILES string of the molecule is Nc1ccc(-c2ccc3ncccc3c2)cc1Cl. The van der Waals surface area contributed by atoms with Crippen molar-refractivity contribution in [1.82, 2.24) is 4.98 Å². The fraction of sp³-hybridized carbons (Fsp3) is 0. The zero-order chi connectivity index (χ0) is 12.5. The predicted octanol–water partition coefficient (Wildman–Crippen LogP) is 4.14. The molecular formula is C15H11ClN2. The number of aromatic nitrogens is 1. The molecule has 3 heteroatoms.